The number of likely N-dealkylation sites (tertiary alicyclic amines) is 1. The number of carbonyl (C=O) groups excluding carboxylic acids is 1. The number of rotatable bonds is 5. The van der Waals surface area contributed by atoms with E-state index in [1.54, 1.807) is 0 Å². The van der Waals surface area contributed by atoms with Gasteiger partial charge in [0.05, 0.1) is 0 Å². The van der Waals surface area contributed by atoms with Gasteiger partial charge in [-0.05, 0) is 32.4 Å². The van der Waals surface area contributed by atoms with E-state index in [0.717, 1.165) is 51.9 Å². The van der Waals surface area contributed by atoms with Gasteiger partial charge in [-0.1, -0.05) is 6.92 Å². The predicted octanol–water partition coefficient (Wildman–Crippen LogP) is 1.03. The second-order valence-corrected chi connectivity index (χ2v) is 4.12. The van der Waals surface area contributed by atoms with E-state index in [1.165, 1.54) is 0 Å². The van der Waals surface area contributed by atoms with Crippen LogP contribution >= 0.6 is 0 Å². The minimum Gasteiger partial charge on any atom is -0.329 e. The van der Waals surface area contributed by atoms with Crippen LogP contribution in [0.2, 0.25) is 0 Å². The summed E-state index contributed by atoms with van der Waals surface area (Å²) in [4.78, 5) is 14.0. The number of ketones is 1. The molecule has 3 heteroatoms. The quantitative estimate of drug-likeness (QED) is 0.717. The van der Waals surface area contributed by atoms with Crippen LogP contribution in [0.3, 0.4) is 0 Å². The maximum atomic E-state index is 11.6. The Labute approximate surface area is 86.6 Å². The van der Waals surface area contributed by atoms with E-state index >= 15 is 0 Å². The molecule has 1 heterocycles. The fourth-order valence-corrected chi connectivity index (χ4v) is 2.11. The highest BCUT2D eigenvalue weighted by Gasteiger charge is 2.23. The molecule has 0 aromatic carbocycles. The fourth-order valence-electron chi connectivity index (χ4n) is 2.11. The van der Waals surface area contributed by atoms with Crippen LogP contribution in [0.5, 0.6) is 0 Å². The summed E-state index contributed by atoms with van der Waals surface area (Å²) in [6, 6.07) is 0. The molecule has 3 nitrogen and oxygen atoms in total. The van der Waals surface area contributed by atoms with Crippen molar-refractivity contribution in [3.63, 3.8) is 0 Å². The standard InChI is InChI=1S/C11H22N2O/c1-2-3-11(14)10-4-7-13(8-5-10)9-6-12/h10H,2-9,12H2,1H3. The first-order valence-electron chi connectivity index (χ1n) is 5.73. The fraction of sp³-hybridized carbons (Fsp3) is 0.909. The SMILES string of the molecule is CCCC(=O)C1CCN(CCN)CC1. The third-order valence-corrected chi connectivity index (χ3v) is 2.98. The lowest BCUT2D eigenvalue weighted by molar-refractivity contribution is -0.124. The van der Waals surface area contributed by atoms with Crippen molar-refractivity contribution in [2.24, 2.45) is 11.7 Å². The van der Waals surface area contributed by atoms with Gasteiger partial charge < -0.3 is 10.6 Å². The van der Waals surface area contributed by atoms with Crippen LogP contribution in [0.25, 0.3) is 0 Å². The minimum atomic E-state index is 0.337. The number of carbonyl (C=O) groups is 1. The smallest absolute Gasteiger partial charge is 0.136 e. The topological polar surface area (TPSA) is 46.3 Å². The molecule has 0 amide bonds. The summed E-state index contributed by atoms with van der Waals surface area (Å²) < 4.78 is 0. The molecule has 0 aromatic heterocycles. The number of piperidine rings is 1. The summed E-state index contributed by atoms with van der Waals surface area (Å²) in [5.74, 6) is 0.809. The number of nitrogens with zero attached hydrogens (tertiary/aromatic N) is 1. The Bertz CT molecular complexity index is 174. The molecule has 0 unspecified atom stereocenters. The van der Waals surface area contributed by atoms with Crippen LogP contribution in [0.1, 0.15) is 32.6 Å². The van der Waals surface area contributed by atoms with Gasteiger partial charge in [-0.3, -0.25) is 4.79 Å². The summed E-state index contributed by atoms with van der Waals surface area (Å²) in [5.41, 5.74) is 5.49. The second kappa shape index (κ2) is 6.14. The maximum absolute atomic E-state index is 11.6. The first kappa shape index (κ1) is 11.7. The van der Waals surface area contributed by atoms with Crippen LogP contribution in [0.15, 0.2) is 0 Å². The van der Waals surface area contributed by atoms with Gasteiger partial charge in [0.15, 0.2) is 0 Å². The van der Waals surface area contributed by atoms with Gasteiger partial charge in [-0.25, -0.2) is 0 Å². The molecule has 0 atom stereocenters. The first-order valence-corrected chi connectivity index (χ1v) is 5.73. The van der Waals surface area contributed by atoms with Crippen molar-refractivity contribution in [3.8, 4) is 0 Å². The van der Waals surface area contributed by atoms with Crippen LogP contribution in [0, 0.1) is 5.92 Å². The lowest BCUT2D eigenvalue weighted by Gasteiger charge is -2.30. The van der Waals surface area contributed by atoms with E-state index in [-0.39, 0.29) is 0 Å². The number of hydrogen-bond donors (Lipinski definition) is 1. The summed E-state index contributed by atoms with van der Waals surface area (Å²) in [6.07, 6.45) is 3.83. The largest absolute Gasteiger partial charge is 0.329 e. The van der Waals surface area contributed by atoms with E-state index in [1.807, 2.05) is 0 Å². The number of hydrogen-bond acceptors (Lipinski definition) is 3. The Morgan fingerprint density at radius 2 is 2.07 bits per heavy atom. The molecule has 0 spiro atoms. The van der Waals surface area contributed by atoms with Crippen molar-refractivity contribution in [3.05, 3.63) is 0 Å². The molecule has 0 aromatic rings. The Morgan fingerprint density at radius 3 is 2.57 bits per heavy atom. The van der Waals surface area contributed by atoms with Gasteiger partial charge >= 0.3 is 0 Å². The molecule has 0 bridgehead atoms. The van der Waals surface area contributed by atoms with Gasteiger partial charge in [0.25, 0.3) is 0 Å². The first-order chi connectivity index (χ1) is 6.77. The molecular weight excluding hydrogens is 176 g/mol. The van der Waals surface area contributed by atoms with E-state index < -0.39 is 0 Å². The summed E-state index contributed by atoms with van der Waals surface area (Å²) in [6.45, 7) is 5.89. The molecule has 1 aliphatic heterocycles. The van der Waals surface area contributed by atoms with Crippen molar-refractivity contribution in [2.75, 3.05) is 26.2 Å². The van der Waals surface area contributed by atoms with E-state index in [2.05, 4.69) is 11.8 Å². The van der Waals surface area contributed by atoms with Crippen LogP contribution in [-0.4, -0.2) is 36.9 Å². The third kappa shape index (κ3) is 3.39. The molecule has 1 aliphatic rings. The average Bonchev–Trinajstić information content (AvgIpc) is 2.20. The van der Waals surface area contributed by atoms with Crippen molar-refractivity contribution >= 4 is 5.78 Å². The van der Waals surface area contributed by atoms with Crippen LogP contribution in [-0.2, 0) is 4.79 Å². The zero-order valence-corrected chi connectivity index (χ0v) is 9.17. The van der Waals surface area contributed by atoms with Crippen molar-refractivity contribution in [1.82, 2.24) is 4.90 Å². The molecule has 0 radical (unpaired) electrons. The van der Waals surface area contributed by atoms with Crippen molar-refractivity contribution in [1.29, 1.82) is 0 Å². The molecule has 1 fully saturated rings. The molecular formula is C11H22N2O. The molecule has 82 valence electrons. The zero-order valence-electron chi connectivity index (χ0n) is 9.17. The summed E-state index contributed by atoms with van der Waals surface area (Å²) in [7, 11) is 0. The summed E-state index contributed by atoms with van der Waals surface area (Å²) >= 11 is 0. The minimum absolute atomic E-state index is 0.337. The average molecular weight is 198 g/mol. The Kier molecular flexibility index (Phi) is 5.12. The van der Waals surface area contributed by atoms with E-state index in [4.69, 9.17) is 5.73 Å². The zero-order chi connectivity index (χ0) is 10.4. The second-order valence-electron chi connectivity index (χ2n) is 4.12. The Hall–Kier alpha value is -0.410. The monoisotopic (exact) mass is 198 g/mol. The molecule has 14 heavy (non-hydrogen) atoms. The van der Waals surface area contributed by atoms with Crippen molar-refractivity contribution in [2.45, 2.75) is 32.6 Å². The van der Waals surface area contributed by atoms with Crippen LogP contribution in [0.4, 0.5) is 0 Å². The lowest BCUT2D eigenvalue weighted by Crippen LogP contribution is -2.38. The molecule has 0 saturated carbocycles. The highest BCUT2D eigenvalue weighted by Crippen LogP contribution is 2.19. The highest BCUT2D eigenvalue weighted by molar-refractivity contribution is 5.81. The highest BCUT2D eigenvalue weighted by atomic mass is 16.1. The number of nitrogens with two attached hydrogens (primary N) is 1. The van der Waals surface area contributed by atoms with E-state index in [9.17, 15) is 4.79 Å². The van der Waals surface area contributed by atoms with Gasteiger partial charge in [0.1, 0.15) is 5.78 Å². The maximum Gasteiger partial charge on any atom is 0.136 e. The molecule has 1 saturated heterocycles. The Morgan fingerprint density at radius 1 is 1.43 bits per heavy atom. The predicted molar refractivity (Wildman–Crippen MR) is 58.1 cm³/mol. The van der Waals surface area contributed by atoms with E-state index in [0.29, 0.717) is 11.7 Å². The van der Waals surface area contributed by atoms with Gasteiger partial charge in [0.2, 0.25) is 0 Å². The van der Waals surface area contributed by atoms with Crippen molar-refractivity contribution < 1.29 is 4.79 Å². The molecule has 2 N–H and O–H groups in total. The molecule has 0 aliphatic carbocycles. The van der Waals surface area contributed by atoms with Gasteiger partial charge in [-0.2, -0.15) is 0 Å². The van der Waals surface area contributed by atoms with Crippen LogP contribution < -0.4 is 5.73 Å². The lowest BCUT2D eigenvalue weighted by atomic mass is 9.90. The number of Topliss-reactive ketones (excluding diaryl/α,β-unsaturated/α-hetero) is 1. The Balaban J connectivity index is 2.24. The normalized spacial score (nSPS) is 19.9. The summed E-state index contributed by atoms with van der Waals surface area (Å²) in [5, 5.41) is 0. The van der Waals surface area contributed by atoms with Gasteiger partial charge in [-0.15, -0.1) is 0 Å². The third-order valence-electron chi connectivity index (χ3n) is 2.98. The van der Waals surface area contributed by atoms with Gasteiger partial charge in [0, 0.05) is 25.4 Å². The molecule has 1 rings (SSSR count).